The van der Waals surface area contributed by atoms with Gasteiger partial charge in [0.15, 0.2) is 17.3 Å². The van der Waals surface area contributed by atoms with Gasteiger partial charge in [-0.1, -0.05) is 0 Å². The summed E-state index contributed by atoms with van der Waals surface area (Å²) in [6, 6.07) is 0.612. The van der Waals surface area contributed by atoms with Crippen LogP contribution in [0.5, 0.6) is 0 Å². The van der Waals surface area contributed by atoms with Crippen molar-refractivity contribution in [2.45, 2.75) is 25.8 Å². The molecule has 2 heterocycles. The van der Waals surface area contributed by atoms with Crippen molar-refractivity contribution < 1.29 is 0 Å². The minimum atomic E-state index is 0.612. The lowest BCUT2D eigenvalue weighted by atomic mass is 10.4. The molecular formula is C11H16N6. The van der Waals surface area contributed by atoms with Crippen molar-refractivity contribution in [3.05, 3.63) is 18.6 Å². The molecule has 0 aliphatic heterocycles. The summed E-state index contributed by atoms with van der Waals surface area (Å²) in [7, 11) is 0. The van der Waals surface area contributed by atoms with Crippen LogP contribution in [0.1, 0.15) is 19.8 Å². The van der Waals surface area contributed by atoms with Gasteiger partial charge in [-0.15, -0.1) is 0 Å². The van der Waals surface area contributed by atoms with Crippen LogP contribution in [0, 0.1) is 0 Å². The second-order valence-corrected chi connectivity index (χ2v) is 4.27. The first-order chi connectivity index (χ1) is 8.33. The maximum atomic E-state index is 5.45. The predicted octanol–water partition coefficient (Wildman–Crippen LogP) is 1.00. The lowest BCUT2D eigenvalue weighted by Gasteiger charge is -2.22. The van der Waals surface area contributed by atoms with Crippen LogP contribution < -0.4 is 16.2 Å². The molecule has 0 saturated heterocycles. The second kappa shape index (κ2) is 3.89. The van der Waals surface area contributed by atoms with Crippen LogP contribution in [-0.4, -0.2) is 27.0 Å². The summed E-state index contributed by atoms with van der Waals surface area (Å²) in [5.74, 6) is 7.02. The Balaban J connectivity index is 2.14. The molecule has 1 aliphatic rings. The Hall–Kier alpha value is -1.82. The molecule has 0 amide bonds. The molecule has 0 bridgehead atoms. The zero-order chi connectivity index (χ0) is 11.8. The van der Waals surface area contributed by atoms with E-state index in [9.17, 15) is 0 Å². The maximum absolute atomic E-state index is 5.45. The third-order valence-corrected chi connectivity index (χ3v) is 3.10. The smallest absolute Gasteiger partial charge is 0.180 e. The first kappa shape index (κ1) is 10.3. The van der Waals surface area contributed by atoms with Crippen LogP contribution in [0.2, 0.25) is 0 Å². The lowest BCUT2D eigenvalue weighted by Crippen LogP contribution is -2.27. The molecule has 3 rings (SSSR count). The van der Waals surface area contributed by atoms with Crippen molar-refractivity contribution >= 4 is 17.3 Å². The molecule has 90 valence electrons. The molecule has 0 unspecified atom stereocenters. The quantitative estimate of drug-likeness (QED) is 0.608. The number of anilines is 2. The first-order valence-electron chi connectivity index (χ1n) is 5.90. The molecule has 0 spiro atoms. The van der Waals surface area contributed by atoms with E-state index >= 15 is 0 Å². The number of fused-ring (bicyclic) bond motifs is 1. The number of hydrogen-bond donors (Lipinski definition) is 2. The van der Waals surface area contributed by atoms with Crippen LogP contribution in [0.3, 0.4) is 0 Å². The fraction of sp³-hybridized carbons (Fsp3) is 0.455. The van der Waals surface area contributed by atoms with Gasteiger partial charge in [-0.05, 0) is 19.8 Å². The van der Waals surface area contributed by atoms with E-state index in [1.165, 1.54) is 12.8 Å². The molecule has 2 aromatic rings. The average molecular weight is 232 g/mol. The van der Waals surface area contributed by atoms with E-state index in [-0.39, 0.29) is 0 Å². The molecule has 6 heteroatoms. The number of hydrazine groups is 1. The summed E-state index contributed by atoms with van der Waals surface area (Å²) in [6.45, 7) is 3.08. The molecule has 3 N–H and O–H groups in total. The van der Waals surface area contributed by atoms with E-state index in [1.807, 2.05) is 16.8 Å². The molecule has 1 saturated carbocycles. The SMILES string of the molecule is CCN(c1nc(NN)cn2ccnc12)C1CC1. The van der Waals surface area contributed by atoms with Gasteiger partial charge < -0.3 is 14.7 Å². The van der Waals surface area contributed by atoms with Gasteiger partial charge in [0.2, 0.25) is 0 Å². The van der Waals surface area contributed by atoms with Crippen LogP contribution in [-0.2, 0) is 0 Å². The van der Waals surface area contributed by atoms with Crippen LogP contribution in [0.4, 0.5) is 11.6 Å². The molecule has 2 aromatic heterocycles. The number of nitrogen functional groups attached to an aromatic ring is 1. The Kier molecular flexibility index (Phi) is 2.36. The molecule has 0 aromatic carbocycles. The normalized spacial score (nSPS) is 15.2. The summed E-state index contributed by atoms with van der Waals surface area (Å²) >= 11 is 0. The van der Waals surface area contributed by atoms with Crippen molar-refractivity contribution in [1.29, 1.82) is 0 Å². The van der Waals surface area contributed by atoms with E-state index in [0.717, 1.165) is 18.0 Å². The molecule has 6 nitrogen and oxygen atoms in total. The van der Waals surface area contributed by atoms with E-state index in [1.54, 1.807) is 6.20 Å². The Labute approximate surface area is 99.4 Å². The molecule has 17 heavy (non-hydrogen) atoms. The van der Waals surface area contributed by atoms with E-state index in [0.29, 0.717) is 11.9 Å². The number of rotatable bonds is 4. The number of hydrogen-bond acceptors (Lipinski definition) is 5. The molecule has 0 atom stereocenters. The number of aromatic nitrogens is 3. The highest BCUT2D eigenvalue weighted by atomic mass is 15.3. The average Bonchev–Trinajstić information content (AvgIpc) is 3.07. The van der Waals surface area contributed by atoms with E-state index in [2.05, 4.69) is 27.2 Å². The summed E-state index contributed by atoms with van der Waals surface area (Å²) in [6.07, 6.45) is 8.00. The van der Waals surface area contributed by atoms with Crippen molar-refractivity contribution in [2.24, 2.45) is 5.84 Å². The number of imidazole rings is 1. The Bertz CT molecular complexity index is 530. The van der Waals surface area contributed by atoms with Crippen molar-refractivity contribution in [3.8, 4) is 0 Å². The summed E-state index contributed by atoms with van der Waals surface area (Å²) in [4.78, 5) is 11.2. The molecule has 0 radical (unpaired) electrons. The van der Waals surface area contributed by atoms with Crippen LogP contribution >= 0.6 is 0 Å². The van der Waals surface area contributed by atoms with Crippen LogP contribution in [0.15, 0.2) is 18.6 Å². The minimum Gasteiger partial charge on any atom is -0.351 e. The maximum Gasteiger partial charge on any atom is 0.180 e. The Morgan fingerprint density at radius 3 is 3.06 bits per heavy atom. The van der Waals surface area contributed by atoms with Crippen molar-refractivity contribution in [1.82, 2.24) is 14.4 Å². The van der Waals surface area contributed by atoms with Gasteiger partial charge >= 0.3 is 0 Å². The summed E-state index contributed by atoms with van der Waals surface area (Å²) < 4.78 is 1.95. The van der Waals surface area contributed by atoms with Gasteiger partial charge in [0.1, 0.15) is 0 Å². The lowest BCUT2D eigenvalue weighted by molar-refractivity contribution is 0.807. The topological polar surface area (TPSA) is 71.5 Å². The first-order valence-corrected chi connectivity index (χ1v) is 5.90. The van der Waals surface area contributed by atoms with Gasteiger partial charge in [0.25, 0.3) is 0 Å². The fourth-order valence-electron chi connectivity index (χ4n) is 2.14. The van der Waals surface area contributed by atoms with Crippen molar-refractivity contribution in [3.63, 3.8) is 0 Å². The van der Waals surface area contributed by atoms with Gasteiger partial charge in [-0.25, -0.2) is 15.8 Å². The van der Waals surface area contributed by atoms with E-state index < -0.39 is 0 Å². The molecule has 1 fully saturated rings. The number of nitrogens with two attached hydrogens (primary N) is 1. The van der Waals surface area contributed by atoms with Gasteiger partial charge in [0, 0.05) is 25.0 Å². The predicted molar refractivity (Wildman–Crippen MR) is 66.8 cm³/mol. The van der Waals surface area contributed by atoms with E-state index in [4.69, 9.17) is 5.84 Å². The third kappa shape index (κ3) is 1.70. The van der Waals surface area contributed by atoms with Crippen molar-refractivity contribution in [2.75, 3.05) is 16.9 Å². The number of nitrogens with one attached hydrogen (secondary N) is 1. The van der Waals surface area contributed by atoms with Gasteiger partial charge in [0.05, 0.1) is 6.20 Å². The fourth-order valence-corrected chi connectivity index (χ4v) is 2.14. The standard InChI is InChI=1S/C11H16N6/c1-2-17(8-3-4-8)11-10-13-5-6-16(10)7-9(14-11)15-12/h5-8,15H,2-4,12H2,1H3. The monoisotopic (exact) mass is 232 g/mol. The number of nitrogens with zero attached hydrogens (tertiary/aromatic N) is 4. The third-order valence-electron chi connectivity index (χ3n) is 3.10. The highest BCUT2D eigenvalue weighted by Crippen LogP contribution is 2.32. The zero-order valence-electron chi connectivity index (χ0n) is 9.80. The summed E-state index contributed by atoms with van der Waals surface area (Å²) in [5.41, 5.74) is 3.49. The summed E-state index contributed by atoms with van der Waals surface area (Å²) in [5, 5.41) is 0. The highest BCUT2D eigenvalue weighted by Gasteiger charge is 2.30. The molecule has 1 aliphatic carbocycles. The minimum absolute atomic E-state index is 0.612. The zero-order valence-corrected chi connectivity index (χ0v) is 9.80. The second-order valence-electron chi connectivity index (χ2n) is 4.27. The largest absolute Gasteiger partial charge is 0.351 e. The van der Waals surface area contributed by atoms with Crippen LogP contribution in [0.25, 0.3) is 5.65 Å². The van der Waals surface area contributed by atoms with Gasteiger partial charge in [-0.3, -0.25) is 0 Å². The Morgan fingerprint density at radius 1 is 1.59 bits per heavy atom. The highest BCUT2D eigenvalue weighted by molar-refractivity contribution is 5.67. The van der Waals surface area contributed by atoms with Gasteiger partial charge in [-0.2, -0.15) is 0 Å². The molecular weight excluding hydrogens is 216 g/mol. The Morgan fingerprint density at radius 2 is 2.41 bits per heavy atom.